The van der Waals surface area contributed by atoms with Crippen molar-refractivity contribution in [3.63, 3.8) is 0 Å². The predicted octanol–water partition coefficient (Wildman–Crippen LogP) is 2.49. The lowest BCUT2D eigenvalue weighted by Crippen LogP contribution is -2.37. The fraction of sp³-hybridized carbons (Fsp3) is 0.167. The molecule has 1 aromatic carbocycles. The molecule has 0 aliphatic rings. The first kappa shape index (κ1) is 19.5. The average molecular weight is 421 g/mol. The molecule has 0 radical (unpaired) electrons. The van der Waals surface area contributed by atoms with E-state index in [1.54, 1.807) is 31.2 Å². The molecule has 0 unspecified atom stereocenters. The summed E-state index contributed by atoms with van der Waals surface area (Å²) in [5, 5.41) is 4.91. The maximum absolute atomic E-state index is 12.4. The Morgan fingerprint density at radius 1 is 1.23 bits per heavy atom. The Morgan fingerprint density at radius 3 is 2.69 bits per heavy atom. The summed E-state index contributed by atoms with van der Waals surface area (Å²) in [7, 11) is 0. The summed E-state index contributed by atoms with van der Waals surface area (Å²) in [6.07, 6.45) is 2.85. The quantitative estimate of drug-likeness (QED) is 0.529. The van der Waals surface area contributed by atoms with Crippen LogP contribution in [0.4, 0.5) is 0 Å². The number of benzene rings is 1. The van der Waals surface area contributed by atoms with E-state index in [1.165, 1.54) is 18.4 Å². The van der Waals surface area contributed by atoms with Crippen molar-refractivity contribution in [3.8, 4) is 0 Å². The summed E-state index contributed by atoms with van der Waals surface area (Å²) in [5.41, 5.74) is 0.647. The van der Waals surface area contributed by atoms with Crippen molar-refractivity contribution >= 4 is 39.8 Å². The van der Waals surface area contributed by atoms with Crippen LogP contribution in [0.15, 0.2) is 57.2 Å². The van der Waals surface area contributed by atoms with Crippen molar-refractivity contribution in [3.05, 3.63) is 64.2 Å². The number of furan rings is 1. The first-order chi connectivity index (χ1) is 12.5. The number of esters is 1. The number of amides is 2. The molecule has 0 saturated carbocycles. The minimum atomic E-state index is -0.627. The highest BCUT2D eigenvalue weighted by molar-refractivity contribution is 9.10. The molecule has 2 N–H and O–H groups in total. The molecule has 136 valence electrons. The summed E-state index contributed by atoms with van der Waals surface area (Å²) in [4.78, 5) is 36.0. The Labute approximate surface area is 158 Å². The van der Waals surface area contributed by atoms with Gasteiger partial charge in [-0.2, -0.15) is 0 Å². The van der Waals surface area contributed by atoms with Crippen LogP contribution in [0.25, 0.3) is 6.08 Å². The van der Waals surface area contributed by atoms with Gasteiger partial charge in [-0.25, -0.2) is 0 Å². The van der Waals surface area contributed by atoms with Crippen LogP contribution in [0, 0.1) is 0 Å². The smallest absolute Gasteiger partial charge is 0.325 e. The van der Waals surface area contributed by atoms with E-state index in [4.69, 9.17) is 9.15 Å². The molecule has 2 aromatic rings. The van der Waals surface area contributed by atoms with E-state index >= 15 is 0 Å². The summed E-state index contributed by atoms with van der Waals surface area (Å²) < 4.78 is 10.6. The van der Waals surface area contributed by atoms with Gasteiger partial charge in [-0.05, 0) is 42.8 Å². The summed E-state index contributed by atoms with van der Waals surface area (Å²) in [6, 6.07) is 10.2. The van der Waals surface area contributed by atoms with Gasteiger partial charge < -0.3 is 19.8 Å². The average Bonchev–Trinajstić information content (AvgIpc) is 3.14. The van der Waals surface area contributed by atoms with Crippen LogP contribution in [0.3, 0.4) is 0 Å². The lowest BCUT2D eigenvalue weighted by Gasteiger charge is -2.10. The van der Waals surface area contributed by atoms with E-state index in [0.29, 0.717) is 5.56 Å². The normalized spacial score (nSPS) is 10.9. The third kappa shape index (κ3) is 5.89. The van der Waals surface area contributed by atoms with Gasteiger partial charge in [0.05, 0.1) is 12.9 Å². The van der Waals surface area contributed by atoms with E-state index in [9.17, 15) is 14.4 Å². The number of hydrogen-bond donors (Lipinski definition) is 2. The summed E-state index contributed by atoms with van der Waals surface area (Å²) >= 11 is 3.35. The number of nitrogens with one attached hydrogen (secondary N) is 2. The molecule has 0 bridgehead atoms. The van der Waals surface area contributed by atoms with Crippen molar-refractivity contribution in [2.24, 2.45) is 0 Å². The lowest BCUT2D eigenvalue weighted by molar-refractivity contribution is -0.143. The maximum atomic E-state index is 12.4. The van der Waals surface area contributed by atoms with Crippen molar-refractivity contribution in [2.45, 2.75) is 6.92 Å². The topological polar surface area (TPSA) is 97.6 Å². The second-order valence-electron chi connectivity index (χ2n) is 5.03. The van der Waals surface area contributed by atoms with Crippen LogP contribution in [0.2, 0.25) is 0 Å². The van der Waals surface area contributed by atoms with Gasteiger partial charge in [0, 0.05) is 4.47 Å². The molecule has 1 aromatic heterocycles. The second-order valence-corrected chi connectivity index (χ2v) is 5.95. The Bertz CT molecular complexity index is 815. The first-order valence-corrected chi connectivity index (χ1v) is 8.55. The first-order valence-electron chi connectivity index (χ1n) is 7.75. The van der Waals surface area contributed by atoms with E-state index < -0.39 is 17.8 Å². The largest absolute Gasteiger partial charge is 0.465 e. The number of carbonyl (C=O) groups is 3. The molecule has 8 heteroatoms. The Kier molecular flexibility index (Phi) is 7.16. The molecular formula is C18H17BrN2O5. The van der Waals surface area contributed by atoms with E-state index in [0.717, 1.165) is 4.47 Å². The Balaban J connectivity index is 2.18. The van der Waals surface area contributed by atoms with Crippen LogP contribution < -0.4 is 10.6 Å². The molecule has 0 aliphatic heterocycles. The van der Waals surface area contributed by atoms with Crippen molar-refractivity contribution < 1.29 is 23.5 Å². The van der Waals surface area contributed by atoms with Gasteiger partial charge in [0.1, 0.15) is 12.2 Å². The molecule has 0 aliphatic carbocycles. The Hall–Kier alpha value is -2.87. The molecule has 0 saturated heterocycles. The zero-order chi connectivity index (χ0) is 18.9. The van der Waals surface area contributed by atoms with Crippen LogP contribution in [0.5, 0.6) is 0 Å². The van der Waals surface area contributed by atoms with Gasteiger partial charge in [0.15, 0.2) is 5.76 Å². The van der Waals surface area contributed by atoms with E-state index in [-0.39, 0.29) is 24.6 Å². The molecule has 0 spiro atoms. The van der Waals surface area contributed by atoms with E-state index in [2.05, 4.69) is 26.6 Å². The molecular weight excluding hydrogens is 404 g/mol. The van der Waals surface area contributed by atoms with Gasteiger partial charge in [-0.3, -0.25) is 14.4 Å². The molecule has 2 rings (SSSR count). The highest BCUT2D eigenvalue weighted by Crippen LogP contribution is 2.14. The van der Waals surface area contributed by atoms with Crippen LogP contribution in [-0.2, 0) is 14.3 Å². The van der Waals surface area contributed by atoms with Gasteiger partial charge in [0.25, 0.3) is 11.8 Å². The third-order valence-electron chi connectivity index (χ3n) is 3.10. The van der Waals surface area contributed by atoms with Crippen LogP contribution in [-0.4, -0.2) is 30.9 Å². The number of carbonyl (C=O) groups excluding carboxylic acids is 3. The monoisotopic (exact) mass is 420 g/mol. The van der Waals surface area contributed by atoms with Crippen molar-refractivity contribution in [1.29, 1.82) is 0 Å². The van der Waals surface area contributed by atoms with Gasteiger partial charge in [-0.1, -0.05) is 28.1 Å². The number of hydrogen-bond acceptors (Lipinski definition) is 5. The SMILES string of the molecule is CCOC(=O)CNC(=O)/C(=C/c1cccc(Br)c1)NC(=O)c1ccco1. The number of halogens is 1. The highest BCUT2D eigenvalue weighted by Gasteiger charge is 2.17. The Morgan fingerprint density at radius 2 is 2.04 bits per heavy atom. The zero-order valence-electron chi connectivity index (χ0n) is 14.0. The number of ether oxygens (including phenoxy) is 1. The molecule has 2 amide bonds. The van der Waals surface area contributed by atoms with Gasteiger partial charge in [-0.15, -0.1) is 0 Å². The summed E-state index contributed by atoms with van der Waals surface area (Å²) in [5.74, 6) is -1.72. The fourth-order valence-electron chi connectivity index (χ4n) is 1.97. The molecule has 26 heavy (non-hydrogen) atoms. The van der Waals surface area contributed by atoms with Crippen molar-refractivity contribution in [1.82, 2.24) is 10.6 Å². The third-order valence-corrected chi connectivity index (χ3v) is 3.59. The lowest BCUT2D eigenvalue weighted by atomic mass is 10.2. The number of rotatable bonds is 7. The minimum absolute atomic E-state index is 0.0335. The van der Waals surface area contributed by atoms with Crippen LogP contribution >= 0.6 is 15.9 Å². The van der Waals surface area contributed by atoms with Gasteiger partial charge >= 0.3 is 5.97 Å². The van der Waals surface area contributed by atoms with Crippen molar-refractivity contribution in [2.75, 3.05) is 13.2 Å². The second kappa shape index (κ2) is 9.57. The summed E-state index contributed by atoms with van der Waals surface area (Å²) in [6.45, 7) is 1.58. The van der Waals surface area contributed by atoms with E-state index in [1.807, 2.05) is 6.07 Å². The standard InChI is InChI=1S/C18H17BrN2O5/c1-2-25-16(22)11-20-17(23)14(10-12-5-3-6-13(19)9-12)21-18(24)15-7-4-8-26-15/h3-10H,2,11H2,1H3,(H,20,23)(H,21,24)/b14-10-. The predicted molar refractivity (Wildman–Crippen MR) is 97.9 cm³/mol. The maximum Gasteiger partial charge on any atom is 0.325 e. The highest BCUT2D eigenvalue weighted by atomic mass is 79.9. The minimum Gasteiger partial charge on any atom is -0.465 e. The van der Waals surface area contributed by atoms with Crippen LogP contribution in [0.1, 0.15) is 23.0 Å². The molecule has 1 heterocycles. The molecule has 0 atom stereocenters. The van der Waals surface area contributed by atoms with Gasteiger partial charge in [0.2, 0.25) is 0 Å². The molecule has 7 nitrogen and oxygen atoms in total. The zero-order valence-corrected chi connectivity index (χ0v) is 15.5. The molecule has 0 fully saturated rings. The fourth-order valence-corrected chi connectivity index (χ4v) is 2.39.